The minimum absolute atomic E-state index is 0.262. The number of rotatable bonds is 3. The SMILES string of the molecule is CCC[C@H](Br)OC. The van der Waals surface area contributed by atoms with Gasteiger partial charge in [0.15, 0.2) is 0 Å². The molecule has 0 rings (SSSR count). The minimum Gasteiger partial charge on any atom is -0.370 e. The predicted molar refractivity (Wildman–Crippen MR) is 34.6 cm³/mol. The van der Waals surface area contributed by atoms with E-state index in [1.54, 1.807) is 7.11 Å². The second kappa shape index (κ2) is 4.60. The number of alkyl halides is 1. The Morgan fingerprint density at radius 1 is 1.71 bits per heavy atom. The number of methoxy groups -OCH3 is 1. The molecule has 0 saturated carbocycles. The molecule has 0 aromatic carbocycles. The van der Waals surface area contributed by atoms with Gasteiger partial charge in [0.1, 0.15) is 5.01 Å². The third kappa shape index (κ3) is 4.29. The third-order valence-corrected chi connectivity index (χ3v) is 1.60. The van der Waals surface area contributed by atoms with Gasteiger partial charge in [-0.2, -0.15) is 0 Å². The Bertz CT molecular complexity index is 39.1. The van der Waals surface area contributed by atoms with Gasteiger partial charge in [0.2, 0.25) is 0 Å². The van der Waals surface area contributed by atoms with E-state index in [-0.39, 0.29) is 5.01 Å². The molecule has 0 aromatic rings. The van der Waals surface area contributed by atoms with Crippen LogP contribution in [0.5, 0.6) is 0 Å². The minimum atomic E-state index is 0.262. The molecule has 0 amide bonds. The Labute approximate surface area is 53.2 Å². The fourth-order valence-corrected chi connectivity index (χ4v) is 0.803. The highest BCUT2D eigenvalue weighted by molar-refractivity contribution is 9.09. The Morgan fingerprint density at radius 3 is 2.43 bits per heavy atom. The smallest absolute Gasteiger partial charge is 0.112 e. The summed E-state index contributed by atoms with van der Waals surface area (Å²) in [5.74, 6) is 0. The molecule has 1 atom stereocenters. The lowest BCUT2D eigenvalue weighted by Crippen LogP contribution is -1.97. The number of halogens is 1. The molecule has 0 aromatic heterocycles. The van der Waals surface area contributed by atoms with Crippen molar-refractivity contribution in [2.45, 2.75) is 24.8 Å². The molecule has 1 nitrogen and oxygen atoms in total. The van der Waals surface area contributed by atoms with E-state index in [0.29, 0.717) is 0 Å². The van der Waals surface area contributed by atoms with Gasteiger partial charge >= 0.3 is 0 Å². The molecule has 0 spiro atoms. The topological polar surface area (TPSA) is 9.23 Å². The quantitative estimate of drug-likeness (QED) is 0.585. The monoisotopic (exact) mass is 166 g/mol. The summed E-state index contributed by atoms with van der Waals surface area (Å²) >= 11 is 3.31. The van der Waals surface area contributed by atoms with Crippen molar-refractivity contribution in [3.8, 4) is 0 Å². The van der Waals surface area contributed by atoms with E-state index in [2.05, 4.69) is 22.9 Å². The third-order valence-electron chi connectivity index (χ3n) is 0.771. The van der Waals surface area contributed by atoms with Gasteiger partial charge in [-0.05, 0) is 6.42 Å². The molecule has 44 valence electrons. The van der Waals surface area contributed by atoms with Crippen LogP contribution in [-0.4, -0.2) is 12.1 Å². The van der Waals surface area contributed by atoms with E-state index >= 15 is 0 Å². The zero-order valence-corrected chi connectivity index (χ0v) is 6.36. The maximum absolute atomic E-state index is 4.91. The highest BCUT2D eigenvalue weighted by atomic mass is 79.9. The van der Waals surface area contributed by atoms with Crippen molar-refractivity contribution >= 4 is 15.9 Å². The van der Waals surface area contributed by atoms with Crippen molar-refractivity contribution in [1.29, 1.82) is 0 Å². The lowest BCUT2D eigenvalue weighted by atomic mass is 10.4. The van der Waals surface area contributed by atoms with Crippen LogP contribution in [0.3, 0.4) is 0 Å². The van der Waals surface area contributed by atoms with E-state index in [0.717, 1.165) is 6.42 Å². The summed E-state index contributed by atoms with van der Waals surface area (Å²) in [5.41, 5.74) is 0. The zero-order valence-electron chi connectivity index (χ0n) is 4.78. The molecular weight excluding hydrogens is 156 g/mol. The Hall–Kier alpha value is 0.440. The highest BCUT2D eigenvalue weighted by Crippen LogP contribution is 2.06. The van der Waals surface area contributed by atoms with Crippen LogP contribution in [0.4, 0.5) is 0 Å². The molecule has 0 heterocycles. The summed E-state index contributed by atoms with van der Waals surface area (Å²) < 4.78 is 4.91. The Kier molecular flexibility index (Phi) is 4.88. The van der Waals surface area contributed by atoms with Crippen molar-refractivity contribution in [2.24, 2.45) is 0 Å². The predicted octanol–water partition coefficient (Wildman–Crippen LogP) is 2.15. The summed E-state index contributed by atoms with van der Waals surface area (Å²) in [6.45, 7) is 2.13. The standard InChI is InChI=1S/C5H11BrO/c1-3-4-5(6)7-2/h5H,3-4H2,1-2H3/t5-/m1/s1. The molecule has 0 N–H and O–H groups in total. The van der Waals surface area contributed by atoms with Crippen LogP contribution in [0, 0.1) is 0 Å². The van der Waals surface area contributed by atoms with E-state index in [1.807, 2.05) is 0 Å². The van der Waals surface area contributed by atoms with Crippen LogP contribution in [-0.2, 0) is 4.74 Å². The summed E-state index contributed by atoms with van der Waals surface area (Å²) in [5, 5.41) is 0.262. The van der Waals surface area contributed by atoms with Gasteiger partial charge in [0.05, 0.1) is 0 Å². The molecular formula is C5H11BrO. The number of ether oxygens (including phenoxy) is 1. The van der Waals surface area contributed by atoms with E-state index in [1.165, 1.54) is 6.42 Å². The first-order valence-electron chi connectivity index (χ1n) is 2.48. The van der Waals surface area contributed by atoms with Gasteiger partial charge in [0.25, 0.3) is 0 Å². The van der Waals surface area contributed by atoms with Gasteiger partial charge in [-0.15, -0.1) is 0 Å². The first-order valence-corrected chi connectivity index (χ1v) is 3.39. The molecule has 0 radical (unpaired) electrons. The highest BCUT2D eigenvalue weighted by Gasteiger charge is 1.95. The zero-order chi connectivity index (χ0) is 5.70. The van der Waals surface area contributed by atoms with Gasteiger partial charge in [0, 0.05) is 7.11 Å². The molecule has 2 heteroatoms. The van der Waals surface area contributed by atoms with Crippen LogP contribution in [0.2, 0.25) is 0 Å². The number of hydrogen-bond acceptors (Lipinski definition) is 1. The van der Waals surface area contributed by atoms with E-state index < -0.39 is 0 Å². The molecule has 0 aliphatic rings. The van der Waals surface area contributed by atoms with Crippen LogP contribution in [0.25, 0.3) is 0 Å². The van der Waals surface area contributed by atoms with E-state index in [9.17, 15) is 0 Å². The first kappa shape index (κ1) is 7.44. The van der Waals surface area contributed by atoms with E-state index in [4.69, 9.17) is 4.74 Å². The molecule has 0 unspecified atom stereocenters. The fraction of sp³-hybridized carbons (Fsp3) is 1.00. The molecule has 7 heavy (non-hydrogen) atoms. The normalized spacial score (nSPS) is 14.1. The molecule has 0 bridgehead atoms. The summed E-state index contributed by atoms with van der Waals surface area (Å²) in [4.78, 5) is 0. The molecule has 0 aliphatic carbocycles. The lowest BCUT2D eigenvalue weighted by Gasteiger charge is -2.02. The molecule has 0 aliphatic heterocycles. The maximum Gasteiger partial charge on any atom is 0.112 e. The largest absolute Gasteiger partial charge is 0.370 e. The molecule has 0 fully saturated rings. The second-order valence-corrected chi connectivity index (χ2v) is 2.46. The molecule has 0 saturated heterocycles. The van der Waals surface area contributed by atoms with Crippen molar-refractivity contribution < 1.29 is 4.74 Å². The average Bonchev–Trinajstić information content (AvgIpc) is 1.68. The van der Waals surface area contributed by atoms with Crippen molar-refractivity contribution in [3.63, 3.8) is 0 Å². The fourth-order valence-electron chi connectivity index (χ4n) is 0.345. The van der Waals surface area contributed by atoms with Crippen LogP contribution < -0.4 is 0 Å². The second-order valence-electron chi connectivity index (χ2n) is 1.43. The van der Waals surface area contributed by atoms with Gasteiger partial charge in [-0.25, -0.2) is 0 Å². The maximum atomic E-state index is 4.91. The average molecular weight is 167 g/mol. The Morgan fingerprint density at radius 2 is 2.29 bits per heavy atom. The Balaban J connectivity index is 2.83. The van der Waals surface area contributed by atoms with Gasteiger partial charge in [-0.1, -0.05) is 29.3 Å². The van der Waals surface area contributed by atoms with Crippen molar-refractivity contribution in [3.05, 3.63) is 0 Å². The van der Waals surface area contributed by atoms with Gasteiger partial charge < -0.3 is 4.74 Å². The van der Waals surface area contributed by atoms with Gasteiger partial charge in [-0.3, -0.25) is 0 Å². The first-order chi connectivity index (χ1) is 3.31. The lowest BCUT2D eigenvalue weighted by molar-refractivity contribution is 0.170. The summed E-state index contributed by atoms with van der Waals surface area (Å²) in [7, 11) is 1.70. The summed E-state index contributed by atoms with van der Waals surface area (Å²) in [6, 6.07) is 0. The van der Waals surface area contributed by atoms with Crippen LogP contribution >= 0.6 is 15.9 Å². The van der Waals surface area contributed by atoms with Crippen LogP contribution in [0.1, 0.15) is 19.8 Å². The number of hydrogen-bond donors (Lipinski definition) is 0. The van der Waals surface area contributed by atoms with Crippen molar-refractivity contribution in [1.82, 2.24) is 0 Å². The van der Waals surface area contributed by atoms with Crippen molar-refractivity contribution in [2.75, 3.05) is 7.11 Å². The summed E-state index contributed by atoms with van der Waals surface area (Å²) in [6.07, 6.45) is 2.26. The van der Waals surface area contributed by atoms with Crippen LogP contribution in [0.15, 0.2) is 0 Å².